The Morgan fingerprint density at radius 2 is 2.25 bits per heavy atom. The fourth-order valence-corrected chi connectivity index (χ4v) is 2.25. The third-order valence-electron chi connectivity index (χ3n) is 2.48. The van der Waals surface area contributed by atoms with Crippen LogP contribution in [0.3, 0.4) is 0 Å². The molecule has 0 radical (unpaired) electrons. The Kier molecular flexibility index (Phi) is 1.87. The molecule has 0 fully saturated rings. The van der Waals surface area contributed by atoms with Crippen LogP contribution in [0.2, 0.25) is 0 Å². The second kappa shape index (κ2) is 2.77. The number of fused-ring (bicyclic) bond motifs is 1. The molecule has 1 aliphatic heterocycles. The van der Waals surface area contributed by atoms with Crippen LogP contribution >= 0.6 is 15.9 Å². The molecule has 0 N–H and O–H groups in total. The van der Waals surface area contributed by atoms with Gasteiger partial charge in [0.2, 0.25) is 0 Å². The Labute approximate surface area is 81.5 Å². The summed E-state index contributed by atoms with van der Waals surface area (Å²) in [5.41, 5.74) is 2.84. The van der Waals surface area contributed by atoms with Crippen molar-refractivity contribution in [3.8, 4) is 0 Å². The van der Waals surface area contributed by atoms with Gasteiger partial charge in [0.05, 0.1) is 0 Å². The summed E-state index contributed by atoms with van der Waals surface area (Å²) in [5, 5.41) is 0. The van der Waals surface area contributed by atoms with E-state index in [1.807, 2.05) is 0 Å². The molecule has 1 aromatic carbocycles. The zero-order chi connectivity index (χ0) is 8.72. The predicted molar refractivity (Wildman–Crippen MR) is 55.8 cm³/mol. The van der Waals surface area contributed by atoms with Crippen LogP contribution < -0.4 is 4.90 Å². The number of benzene rings is 1. The van der Waals surface area contributed by atoms with Crippen molar-refractivity contribution in [2.45, 2.75) is 12.8 Å². The maximum atomic E-state index is 3.49. The summed E-state index contributed by atoms with van der Waals surface area (Å²) in [5.74, 6) is 0.669. The van der Waals surface area contributed by atoms with Gasteiger partial charge in [0.25, 0.3) is 0 Å². The van der Waals surface area contributed by atoms with Gasteiger partial charge >= 0.3 is 0 Å². The van der Waals surface area contributed by atoms with Gasteiger partial charge in [-0.25, -0.2) is 0 Å². The van der Waals surface area contributed by atoms with E-state index in [1.54, 1.807) is 0 Å². The summed E-state index contributed by atoms with van der Waals surface area (Å²) in [6.45, 7) is 3.42. The summed E-state index contributed by atoms with van der Waals surface area (Å²) < 4.78 is 1.18. The van der Waals surface area contributed by atoms with Gasteiger partial charge in [0, 0.05) is 29.7 Å². The highest BCUT2D eigenvalue weighted by atomic mass is 79.9. The van der Waals surface area contributed by atoms with E-state index in [0.717, 1.165) is 6.54 Å². The third-order valence-corrected chi connectivity index (χ3v) is 2.97. The van der Waals surface area contributed by atoms with Crippen LogP contribution in [0.4, 0.5) is 5.69 Å². The van der Waals surface area contributed by atoms with Crippen molar-refractivity contribution in [3.05, 3.63) is 28.2 Å². The number of hydrogen-bond acceptors (Lipinski definition) is 1. The molecule has 0 saturated carbocycles. The monoisotopic (exact) mass is 225 g/mol. The van der Waals surface area contributed by atoms with Crippen molar-refractivity contribution in [1.82, 2.24) is 0 Å². The summed E-state index contributed by atoms with van der Waals surface area (Å²) in [6.07, 6.45) is 0. The van der Waals surface area contributed by atoms with E-state index in [1.165, 1.54) is 15.7 Å². The maximum Gasteiger partial charge on any atom is 0.0400 e. The first-order valence-corrected chi connectivity index (χ1v) is 4.98. The fourth-order valence-electron chi connectivity index (χ4n) is 1.88. The number of rotatable bonds is 0. The van der Waals surface area contributed by atoms with Crippen LogP contribution in [-0.4, -0.2) is 13.6 Å². The Balaban J connectivity index is 2.53. The molecule has 1 unspecified atom stereocenters. The molecule has 0 spiro atoms. The molecule has 1 nitrogen and oxygen atoms in total. The van der Waals surface area contributed by atoms with Crippen molar-refractivity contribution in [2.75, 3.05) is 18.5 Å². The quantitative estimate of drug-likeness (QED) is 0.657. The average molecular weight is 226 g/mol. The summed E-state index contributed by atoms with van der Waals surface area (Å²) in [6, 6.07) is 6.51. The lowest BCUT2D eigenvalue weighted by Crippen LogP contribution is -2.13. The molecule has 1 heterocycles. The molecule has 1 aromatic rings. The van der Waals surface area contributed by atoms with Crippen LogP contribution in [0.1, 0.15) is 18.4 Å². The zero-order valence-corrected chi connectivity index (χ0v) is 8.93. The zero-order valence-electron chi connectivity index (χ0n) is 7.34. The molecule has 0 bridgehead atoms. The SMILES string of the molecule is CC1CN(C)c2ccc(Br)cc21. The van der Waals surface area contributed by atoms with Crippen molar-refractivity contribution < 1.29 is 0 Å². The van der Waals surface area contributed by atoms with Gasteiger partial charge in [0.15, 0.2) is 0 Å². The lowest BCUT2D eigenvalue weighted by atomic mass is 10.0. The van der Waals surface area contributed by atoms with Crippen LogP contribution in [-0.2, 0) is 0 Å². The van der Waals surface area contributed by atoms with E-state index in [-0.39, 0.29) is 0 Å². The minimum atomic E-state index is 0.669. The largest absolute Gasteiger partial charge is 0.374 e. The Morgan fingerprint density at radius 3 is 3.00 bits per heavy atom. The highest BCUT2D eigenvalue weighted by Gasteiger charge is 2.22. The fraction of sp³-hybridized carbons (Fsp3) is 0.400. The summed E-state index contributed by atoms with van der Waals surface area (Å²) >= 11 is 3.49. The molecular formula is C10H12BrN. The number of likely N-dealkylation sites (N-methyl/N-ethyl adjacent to an activating group) is 1. The molecule has 64 valence electrons. The second-order valence-corrected chi connectivity index (χ2v) is 4.40. The normalized spacial score (nSPS) is 21.2. The van der Waals surface area contributed by atoms with E-state index < -0.39 is 0 Å². The molecule has 12 heavy (non-hydrogen) atoms. The molecule has 1 aliphatic rings. The molecule has 0 saturated heterocycles. The minimum Gasteiger partial charge on any atom is -0.374 e. The predicted octanol–water partition coefficient (Wildman–Crippen LogP) is 3.00. The van der Waals surface area contributed by atoms with Crippen molar-refractivity contribution in [3.63, 3.8) is 0 Å². The van der Waals surface area contributed by atoms with Gasteiger partial charge in [0.1, 0.15) is 0 Å². The highest BCUT2D eigenvalue weighted by molar-refractivity contribution is 9.10. The van der Waals surface area contributed by atoms with E-state index in [2.05, 4.69) is 53.0 Å². The first-order chi connectivity index (χ1) is 5.68. The molecular weight excluding hydrogens is 214 g/mol. The van der Waals surface area contributed by atoms with Gasteiger partial charge in [-0.05, 0) is 23.8 Å². The van der Waals surface area contributed by atoms with Gasteiger partial charge in [-0.1, -0.05) is 22.9 Å². The molecule has 1 atom stereocenters. The minimum absolute atomic E-state index is 0.669. The van der Waals surface area contributed by atoms with Crippen LogP contribution in [0, 0.1) is 0 Å². The molecule has 2 rings (SSSR count). The summed E-state index contributed by atoms with van der Waals surface area (Å²) in [4.78, 5) is 2.31. The Bertz CT molecular complexity index is 309. The lowest BCUT2D eigenvalue weighted by Gasteiger charge is -2.11. The third kappa shape index (κ3) is 1.14. The molecule has 0 aromatic heterocycles. The number of halogens is 1. The smallest absolute Gasteiger partial charge is 0.0400 e. The number of hydrogen-bond donors (Lipinski definition) is 0. The number of anilines is 1. The van der Waals surface area contributed by atoms with Gasteiger partial charge in [-0.15, -0.1) is 0 Å². The topological polar surface area (TPSA) is 3.24 Å². The van der Waals surface area contributed by atoms with Crippen LogP contribution in [0.5, 0.6) is 0 Å². The Morgan fingerprint density at radius 1 is 1.50 bits per heavy atom. The van der Waals surface area contributed by atoms with E-state index in [0.29, 0.717) is 5.92 Å². The molecule has 0 aliphatic carbocycles. The Hall–Kier alpha value is -0.500. The standard InChI is InChI=1S/C10H12BrN/c1-7-6-12(2)10-4-3-8(11)5-9(7)10/h3-5,7H,6H2,1-2H3. The highest BCUT2D eigenvalue weighted by Crippen LogP contribution is 2.36. The first-order valence-electron chi connectivity index (χ1n) is 4.19. The molecule has 0 amide bonds. The first kappa shape index (κ1) is 8.11. The maximum absolute atomic E-state index is 3.49. The molecule has 2 heteroatoms. The van der Waals surface area contributed by atoms with Crippen LogP contribution in [0.25, 0.3) is 0 Å². The van der Waals surface area contributed by atoms with Crippen molar-refractivity contribution in [1.29, 1.82) is 0 Å². The van der Waals surface area contributed by atoms with Crippen molar-refractivity contribution >= 4 is 21.6 Å². The van der Waals surface area contributed by atoms with Crippen LogP contribution in [0.15, 0.2) is 22.7 Å². The average Bonchev–Trinajstić information content (AvgIpc) is 2.28. The van der Waals surface area contributed by atoms with Gasteiger partial charge < -0.3 is 4.90 Å². The number of nitrogens with zero attached hydrogens (tertiary/aromatic N) is 1. The van der Waals surface area contributed by atoms with Gasteiger partial charge in [-0.2, -0.15) is 0 Å². The van der Waals surface area contributed by atoms with Gasteiger partial charge in [-0.3, -0.25) is 0 Å². The second-order valence-electron chi connectivity index (χ2n) is 3.48. The lowest BCUT2D eigenvalue weighted by molar-refractivity contribution is 0.796. The summed E-state index contributed by atoms with van der Waals surface area (Å²) in [7, 11) is 2.15. The van der Waals surface area contributed by atoms with E-state index in [9.17, 15) is 0 Å². The van der Waals surface area contributed by atoms with E-state index in [4.69, 9.17) is 0 Å². The van der Waals surface area contributed by atoms with E-state index >= 15 is 0 Å². The van der Waals surface area contributed by atoms with Crippen molar-refractivity contribution in [2.24, 2.45) is 0 Å².